The number of methoxy groups -OCH3 is 1. The van der Waals surface area contributed by atoms with E-state index in [1.54, 1.807) is 7.11 Å². The normalized spacial score (nSPS) is 47.0. The Bertz CT molecular complexity index is 1190. The molecule has 39 heavy (non-hydrogen) atoms. The molecule has 0 saturated heterocycles. The van der Waals surface area contributed by atoms with Gasteiger partial charge in [-0.25, -0.2) is 0 Å². The molecule has 0 aliphatic heterocycles. The summed E-state index contributed by atoms with van der Waals surface area (Å²) in [6.07, 6.45) is 9.83. The maximum Gasteiger partial charge on any atom is 0.312 e. The van der Waals surface area contributed by atoms with Gasteiger partial charge in [-0.2, -0.15) is 5.26 Å². The van der Waals surface area contributed by atoms with Crippen LogP contribution in [0.25, 0.3) is 0 Å². The molecule has 0 heterocycles. The highest BCUT2D eigenvalue weighted by Gasteiger charge is 2.72. The first kappa shape index (κ1) is 28.6. The van der Waals surface area contributed by atoms with Crippen LogP contribution in [0.15, 0.2) is 16.6 Å². The second-order valence-electron chi connectivity index (χ2n) is 15.8. The number of nitrogens with zero attached hydrogens (tertiary/aromatic N) is 2. The highest BCUT2D eigenvalue weighted by molar-refractivity contribution is 6.04. The van der Waals surface area contributed by atoms with Crippen LogP contribution in [0.1, 0.15) is 107 Å². The van der Waals surface area contributed by atoms with Gasteiger partial charge in [0.25, 0.3) is 0 Å². The van der Waals surface area contributed by atoms with Crippen LogP contribution in [0.4, 0.5) is 0 Å². The van der Waals surface area contributed by atoms with Gasteiger partial charge in [0.15, 0.2) is 5.78 Å². The van der Waals surface area contributed by atoms with E-state index in [-0.39, 0.29) is 57.1 Å². The molecule has 0 spiro atoms. The van der Waals surface area contributed by atoms with Crippen molar-refractivity contribution in [3.63, 3.8) is 0 Å². The number of carbonyl (C=O) groups is 2. The van der Waals surface area contributed by atoms with E-state index in [0.29, 0.717) is 5.57 Å². The van der Waals surface area contributed by atoms with Crippen LogP contribution in [0.2, 0.25) is 0 Å². The van der Waals surface area contributed by atoms with E-state index < -0.39 is 10.8 Å². The van der Waals surface area contributed by atoms with E-state index in [2.05, 4.69) is 67.5 Å². The van der Waals surface area contributed by atoms with Gasteiger partial charge in [0.1, 0.15) is 6.07 Å². The zero-order chi connectivity index (χ0) is 28.8. The lowest BCUT2D eigenvalue weighted by Gasteiger charge is -2.72. The summed E-state index contributed by atoms with van der Waals surface area (Å²) in [7, 11) is 1.56. The Balaban J connectivity index is 1.70. The molecule has 5 aliphatic rings. The van der Waals surface area contributed by atoms with Gasteiger partial charge in [0.2, 0.25) is 0 Å². The molecule has 4 fully saturated rings. The van der Waals surface area contributed by atoms with Crippen LogP contribution in [0.5, 0.6) is 0 Å². The third kappa shape index (κ3) is 3.58. The molecule has 5 aliphatic carbocycles. The van der Waals surface area contributed by atoms with Gasteiger partial charge in [-0.1, -0.05) is 54.5 Å². The molecule has 5 heteroatoms. The van der Waals surface area contributed by atoms with Crippen LogP contribution < -0.4 is 0 Å². The molecule has 0 aromatic rings. The number of esters is 1. The topological polar surface area (TPSA) is 79.5 Å². The number of aliphatic imine (C=N–C) groups is 1. The molecule has 0 amide bonds. The van der Waals surface area contributed by atoms with Crippen molar-refractivity contribution in [2.24, 2.45) is 61.2 Å². The number of ketones is 1. The third-order valence-electron chi connectivity index (χ3n) is 13.4. The van der Waals surface area contributed by atoms with Crippen molar-refractivity contribution in [2.75, 3.05) is 13.7 Å². The largest absolute Gasteiger partial charge is 0.469 e. The van der Waals surface area contributed by atoms with Crippen molar-refractivity contribution < 1.29 is 14.3 Å². The Morgan fingerprint density at radius 3 is 2.31 bits per heavy atom. The number of hydrogen-bond acceptors (Lipinski definition) is 5. The number of carbonyl (C=O) groups excluding carboxylic acids is 2. The van der Waals surface area contributed by atoms with E-state index in [9.17, 15) is 14.9 Å². The lowest BCUT2D eigenvalue weighted by atomic mass is 9.31. The maximum absolute atomic E-state index is 13.6. The van der Waals surface area contributed by atoms with Crippen LogP contribution in [-0.4, -0.2) is 31.1 Å². The minimum absolute atomic E-state index is 0.00314. The van der Waals surface area contributed by atoms with Gasteiger partial charge in [-0.3, -0.25) is 14.6 Å². The van der Waals surface area contributed by atoms with E-state index in [1.165, 1.54) is 5.71 Å². The predicted octanol–water partition coefficient (Wildman–Crippen LogP) is 7.35. The average molecular weight is 535 g/mol. The van der Waals surface area contributed by atoms with Gasteiger partial charge < -0.3 is 4.74 Å². The first-order valence-corrected chi connectivity index (χ1v) is 15.4. The third-order valence-corrected chi connectivity index (χ3v) is 13.4. The lowest BCUT2D eigenvalue weighted by molar-refractivity contribution is -0.207. The second-order valence-corrected chi connectivity index (χ2v) is 15.8. The highest BCUT2D eigenvalue weighted by atomic mass is 16.5. The minimum atomic E-state index is -0.560. The lowest BCUT2D eigenvalue weighted by Crippen LogP contribution is -2.69. The summed E-state index contributed by atoms with van der Waals surface area (Å²) in [5, 5.41) is 10.0. The van der Waals surface area contributed by atoms with Crippen molar-refractivity contribution in [2.45, 2.75) is 107 Å². The van der Waals surface area contributed by atoms with Crippen LogP contribution in [0.3, 0.4) is 0 Å². The standard InChI is InChI=1S/C34H50N2O3/c1-10-36-23-17-25-31(6)18-21(20-35)27(37)30(4,5)24(31)11-12-32(25,7)33(8)14-16-34(28(38)39-9)15-13-29(2,3)19-22(34)26(23)33/h18,22,24-26H,10-17,19H2,1-9H3/b36-23+/t22-,24-,25+,26-,31-,32+,33+,34-/m0/s1. The zero-order valence-corrected chi connectivity index (χ0v) is 25.9. The molecule has 0 aromatic carbocycles. The monoisotopic (exact) mass is 534 g/mol. The SMILES string of the molecule is CC/N=C1\C[C@@H]2[C@@]3(C)C=C(C#N)C(=O)C(C)(C)[C@@H]3CC[C@@]2(C)[C@]2(C)CC[C@@]3(C(=O)OC)CCC(C)(C)C[C@H]3[C@@H]12. The van der Waals surface area contributed by atoms with Crippen LogP contribution in [0, 0.1) is 67.5 Å². The fraction of sp³-hybridized carbons (Fsp3) is 0.824. The van der Waals surface area contributed by atoms with E-state index in [4.69, 9.17) is 9.73 Å². The summed E-state index contributed by atoms with van der Waals surface area (Å²) in [5.41, 5.74) is 0.523. The quantitative estimate of drug-likeness (QED) is 0.347. The summed E-state index contributed by atoms with van der Waals surface area (Å²) in [5.74, 6) is 0.927. The smallest absolute Gasteiger partial charge is 0.312 e. The van der Waals surface area contributed by atoms with Gasteiger partial charge in [0.05, 0.1) is 18.1 Å². The predicted molar refractivity (Wildman–Crippen MR) is 154 cm³/mol. The van der Waals surface area contributed by atoms with Gasteiger partial charge in [0, 0.05) is 23.6 Å². The fourth-order valence-corrected chi connectivity index (χ4v) is 11.3. The van der Waals surface area contributed by atoms with Crippen molar-refractivity contribution in [3.8, 4) is 6.07 Å². The Hall–Kier alpha value is -1.96. The number of Topliss-reactive ketones (excluding diaryl/α,β-unsaturated/α-hetero) is 1. The number of fused-ring (bicyclic) bond motifs is 7. The average Bonchev–Trinajstić information content (AvgIpc) is 2.86. The van der Waals surface area contributed by atoms with E-state index in [1.807, 2.05) is 0 Å². The first-order valence-electron chi connectivity index (χ1n) is 15.4. The number of hydrogen-bond donors (Lipinski definition) is 0. The van der Waals surface area contributed by atoms with Gasteiger partial charge >= 0.3 is 5.97 Å². The number of nitriles is 1. The summed E-state index contributed by atoms with van der Waals surface area (Å²) < 4.78 is 5.55. The van der Waals surface area contributed by atoms with Crippen LogP contribution >= 0.6 is 0 Å². The van der Waals surface area contributed by atoms with Gasteiger partial charge in [-0.15, -0.1) is 0 Å². The number of allylic oxidation sites excluding steroid dienone is 2. The summed E-state index contributed by atoms with van der Waals surface area (Å²) >= 11 is 0. The van der Waals surface area contributed by atoms with Crippen LogP contribution in [-0.2, 0) is 14.3 Å². The number of ether oxygens (including phenoxy) is 1. The molecule has 0 bridgehead atoms. The molecule has 8 atom stereocenters. The van der Waals surface area contributed by atoms with Crippen molar-refractivity contribution in [1.29, 1.82) is 5.26 Å². The molecular weight excluding hydrogens is 484 g/mol. The highest BCUT2D eigenvalue weighted by Crippen LogP contribution is 2.76. The van der Waals surface area contributed by atoms with Crippen molar-refractivity contribution in [1.82, 2.24) is 0 Å². The fourth-order valence-electron chi connectivity index (χ4n) is 11.3. The molecular formula is C34H50N2O3. The molecule has 0 radical (unpaired) electrons. The molecule has 5 rings (SSSR count). The molecule has 4 saturated carbocycles. The van der Waals surface area contributed by atoms with E-state index >= 15 is 0 Å². The molecule has 0 aromatic heterocycles. The zero-order valence-electron chi connectivity index (χ0n) is 25.9. The maximum atomic E-state index is 13.6. The second kappa shape index (κ2) is 8.77. The summed E-state index contributed by atoms with van der Waals surface area (Å²) in [6, 6.07) is 2.28. The molecule has 0 N–H and O–H groups in total. The van der Waals surface area contributed by atoms with Crippen molar-refractivity contribution >= 4 is 17.5 Å². The molecule has 5 nitrogen and oxygen atoms in total. The van der Waals surface area contributed by atoms with E-state index in [0.717, 1.165) is 57.9 Å². The molecule has 214 valence electrons. The Labute approximate surface area is 236 Å². The summed E-state index contributed by atoms with van der Waals surface area (Å²) in [6.45, 7) is 19.1. The molecule has 0 unspecified atom stereocenters. The minimum Gasteiger partial charge on any atom is -0.469 e. The van der Waals surface area contributed by atoms with Gasteiger partial charge in [-0.05, 0) is 97.7 Å². The number of rotatable bonds is 2. The summed E-state index contributed by atoms with van der Waals surface area (Å²) in [4.78, 5) is 32.2. The Kier molecular flexibility index (Phi) is 6.42. The Morgan fingerprint density at radius 2 is 1.69 bits per heavy atom. The Morgan fingerprint density at radius 1 is 1.03 bits per heavy atom. The first-order chi connectivity index (χ1) is 18.1. The van der Waals surface area contributed by atoms with Crippen molar-refractivity contribution in [3.05, 3.63) is 11.6 Å².